The molecule has 2 N–H and O–H groups in total. The van der Waals surface area contributed by atoms with Gasteiger partial charge in [-0.25, -0.2) is 0 Å². The van der Waals surface area contributed by atoms with Crippen LogP contribution in [0, 0.1) is 0 Å². The topological polar surface area (TPSA) is 42.5 Å². The Balaban J connectivity index is 2.20. The van der Waals surface area contributed by atoms with Gasteiger partial charge in [-0.05, 0) is 27.7 Å². The van der Waals surface area contributed by atoms with Crippen LogP contribution >= 0.6 is 0 Å². The predicted molar refractivity (Wildman–Crippen MR) is 53.9 cm³/mol. The molecule has 2 aliphatic heterocycles. The molecule has 14 heavy (non-hydrogen) atoms. The SMILES string of the molecule is C[C@@H]1CO[C@@]2(C)N[C@H](C)CO[C@@]2(C)N1. The van der Waals surface area contributed by atoms with Crippen LogP contribution in [0.2, 0.25) is 0 Å². The molecule has 0 bridgehead atoms. The van der Waals surface area contributed by atoms with E-state index < -0.39 is 11.4 Å². The summed E-state index contributed by atoms with van der Waals surface area (Å²) in [5.74, 6) is 0. The van der Waals surface area contributed by atoms with Gasteiger partial charge in [0.25, 0.3) is 0 Å². The summed E-state index contributed by atoms with van der Waals surface area (Å²) in [4.78, 5) is 0. The first-order valence-electron chi connectivity index (χ1n) is 5.28. The highest BCUT2D eigenvalue weighted by atomic mass is 16.6. The summed E-state index contributed by atoms with van der Waals surface area (Å²) in [5, 5.41) is 6.89. The molecule has 0 spiro atoms. The van der Waals surface area contributed by atoms with E-state index in [1.54, 1.807) is 0 Å². The molecule has 4 nitrogen and oxygen atoms in total. The first kappa shape index (κ1) is 10.4. The maximum Gasteiger partial charge on any atom is 0.159 e. The lowest BCUT2D eigenvalue weighted by Gasteiger charge is -2.55. The molecule has 2 rings (SSSR count). The van der Waals surface area contributed by atoms with Gasteiger partial charge in [0.05, 0.1) is 13.2 Å². The van der Waals surface area contributed by atoms with Gasteiger partial charge in [0.15, 0.2) is 11.4 Å². The number of ether oxygens (including phenoxy) is 2. The zero-order chi connectivity index (χ0) is 10.4. The molecule has 0 aromatic rings. The van der Waals surface area contributed by atoms with Crippen LogP contribution in [0.25, 0.3) is 0 Å². The molecule has 0 unspecified atom stereocenters. The lowest BCUT2D eigenvalue weighted by Crippen LogP contribution is -2.78. The summed E-state index contributed by atoms with van der Waals surface area (Å²) in [6.45, 7) is 9.73. The molecule has 4 atom stereocenters. The summed E-state index contributed by atoms with van der Waals surface area (Å²) in [5.41, 5.74) is -0.839. The summed E-state index contributed by atoms with van der Waals surface area (Å²) >= 11 is 0. The number of morpholine rings is 2. The van der Waals surface area contributed by atoms with E-state index in [1.165, 1.54) is 0 Å². The average molecular weight is 200 g/mol. The molecule has 0 aliphatic carbocycles. The molecule has 0 aromatic heterocycles. The summed E-state index contributed by atoms with van der Waals surface area (Å²) in [7, 11) is 0. The molecule has 2 heterocycles. The van der Waals surface area contributed by atoms with Crippen molar-refractivity contribution in [1.29, 1.82) is 0 Å². The third-order valence-corrected chi connectivity index (χ3v) is 3.20. The van der Waals surface area contributed by atoms with Crippen molar-refractivity contribution in [3.63, 3.8) is 0 Å². The minimum Gasteiger partial charge on any atom is -0.355 e. The van der Waals surface area contributed by atoms with Gasteiger partial charge in [0.2, 0.25) is 0 Å². The lowest BCUT2D eigenvalue weighted by molar-refractivity contribution is -0.283. The first-order valence-corrected chi connectivity index (χ1v) is 5.28. The second-order valence-electron chi connectivity index (χ2n) is 4.78. The highest BCUT2D eigenvalue weighted by Crippen LogP contribution is 2.32. The fourth-order valence-electron chi connectivity index (χ4n) is 2.24. The van der Waals surface area contributed by atoms with Crippen LogP contribution in [-0.4, -0.2) is 36.7 Å². The van der Waals surface area contributed by atoms with Crippen molar-refractivity contribution in [1.82, 2.24) is 10.6 Å². The van der Waals surface area contributed by atoms with E-state index in [0.29, 0.717) is 12.1 Å². The molecule has 2 saturated heterocycles. The number of nitrogens with one attached hydrogen (secondary N) is 2. The van der Waals surface area contributed by atoms with E-state index in [0.717, 1.165) is 13.2 Å². The molecular formula is C10H20N2O2. The Bertz CT molecular complexity index is 212. The number of hydrogen-bond donors (Lipinski definition) is 2. The van der Waals surface area contributed by atoms with Crippen LogP contribution in [0.4, 0.5) is 0 Å². The van der Waals surface area contributed by atoms with E-state index in [1.807, 2.05) is 13.8 Å². The molecule has 4 heteroatoms. The van der Waals surface area contributed by atoms with Gasteiger partial charge in [-0.1, -0.05) is 0 Å². The van der Waals surface area contributed by atoms with Crippen LogP contribution in [0.3, 0.4) is 0 Å². The predicted octanol–water partition coefficient (Wildman–Crippen LogP) is 0.435. The van der Waals surface area contributed by atoms with Crippen LogP contribution in [-0.2, 0) is 9.47 Å². The molecule has 2 aliphatic rings. The van der Waals surface area contributed by atoms with Gasteiger partial charge in [-0.2, -0.15) is 0 Å². The van der Waals surface area contributed by atoms with E-state index >= 15 is 0 Å². The minimum atomic E-state index is -0.419. The third kappa shape index (κ3) is 1.46. The van der Waals surface area contributed by atoms with Gasteiger partial charge in [0, 0.05) is 12.1 Å². The molecule has 0 saturated carbocycles. The Hall–Kier alpha value is -0.160. The van der Waals surface area contributed by atoms with Crippen molar-refractivity contribution >= 4 is 0 Å². The highest BCUT2D eigenvalue weighted by Gasteiger charge is 2.53. The Labute approximate surface area is 85.3 Å². The maximum atomic E-state index is 5.86. The van der Waals surface area contributed by atoms with Crippen LogP contribution in [0.5, 0.6) is 0 Å². The van der Waals surface area contributed by atoms with Gasteiger partial charge in [0.1, 0.15) is 0 Å². The van der Waals surface area contributed by atoms with Gasteiger partial charge < -0.3 is 9.47 Å². The lowest BCUT2D eigenvalue weighted by atomic mass is 9.96. The van der Waals surface area contributed by atoms with Crippen molar-refractivity contribution in [2.24, 2.45) is 0 Å². The molecule has 82 valence electrons. The third-order valence-electron chi connectivity index (χ3n) is 3.20. The first-order chi connectivity index (χ1) is 6.45. The van der Waals surface area contributed by atoms with E-state index in [9.17, 15) is 0 Å². The van der Waals surface area contributed by atoms with E-state index in [4.69, 9.17) is 9.47 Å². The fraction of sp³-hybridized carbons (Fsp3) is 1.00. The molecular weight excluding hydrogens is 180 g/mol. The van der Waals surface area contributed by atoms with Crippen molar-refractivity contribution in [3.8, 4) is 0 Å². The van der Waals surface area contributed by atoms with E-state index in [-0.39, 0.29) is 0 Å². The Morgan fingerprint density at radius 2 is 1.29 bits per heavy atom. The Kier molecular flexibility index (Phi) is 2.34. The zero-order valence-electron chi connectivity index (χ0n) is 9.39. The number of hydrogen-bond acceptors (Lipinski definition) is 4. The zero-order valence-corrected chi connectivity index (χ0v) is 9.39. The summed E-state index contributed by atoms with van der Waals surface area (Å²) < 4.78 is 11.7. The quantitative estimate of drug-likeness (QED) is 0.595. The molecule has 2 fully saturated rings. The van der Waals surface area contributed by atoms with Crippen LogP contribution in [0.15, 0.2) is 0 Å². The van der Waals surface area contributed by atoms with Crippen molar-refractivity contribution in [2.45, 2.75) is 51.2 Å². The summed E-state index contributed by atoms with van der Waals surface area (Å²) in [6, 6.07) is 0.673. The Morgan fingerprint density at radius 1 is 0.929 bits per heavy atom. The molecule has 0 amide bonds. The molecule has 0 aromatic carbocycles. The van der Waals surface area contributed by atoms with Gasteiger partial charge in [-0.15, -0.1) is 0 Å². The minimum absolute atomic E-state index is 0.336. The second kappa shape index (κ2) is 3.17. The van der Waals surface area contributed by atoms with E-state index in [2.05, 4.69) is 24.5 Å². The van der Waals surface area contributed by atoms with Crippen LogP contribution < -0.4 is 10.6 Å². The summed E-state index contributed by atoms with van der Waals surface area (Å²) in [6.07, 6.45) is 0. The van der Waals surface area contributed by atoms with Gasteiger partial charge in [-0.3, -0.25) is 10.6 Å². The van der Waals surface area contributed by atoms with Crippen molar-refractivity contribution < 1.29 is 9.47 Å². The smallest absolute Gasteiger partial charge is 0.159 e. The fourth-order valence-corrected chi connectivity index (χ4v) is 2.24. The van der Waals surface area contributed by atoms with Crippen molar-refractivity contribution in [2.75, 3.05) is 13.2 Å². The standard InChI is InChI=1S/C10H20N2O2/c1-7-5-13-10(4)9(3,11-7)14-6-8(2)12-10/h7-8,11-12H,5-6H2,1-4H3/t7-,8-,9-,10-/m1/s1. The number of rotatable bonds is 0. The maximum absolute atomic E-state index is 5.86. The van der Waals surface area contributed by atoms with Crippen molar-refractivity contribution in [3.05, 3.63) is 0 Å². The normalized spacial score (nSPS) is 54.0. The second-order valence-corrected chi connectivity index (χ2v) is 4.78. The average Bonchev–Trinajstić information content (AvgIpc) is 2.08. The monoisotopic (exact) mass is 200 g/mol. The highest BCUT2D eigenvalue weighted by molar-refractivity contribution is 5.01. The molecule has 0 radical (unpaired) electrons. The Morgan fingerprint density at radius 3 is 1.64 bits per heavy atom. The van der Waals surface area contributed by atoms with Crippen LogP contribution in [0.1, 0.15) is 27.7 Å². The number of fused-ring (bicyclic) bond motifs is 1. The van der Waals surface area contributed by atoms with Gasteiger partial charge >= 0.3 is 0 Å². The largest absolute Gasteiger partial charge is 0.355 e.